The van der Waals surface area contributed by atoms with Crippen molar-refractivity contribution in [3.63, 3.8) is 0 Å². The van der Waals surface area contributed by atoms with Gasteiger partial charge in [0.05, 0.1) is 0 Å². The summed E-state index contributed by atoms with van der Waals surface area (Å²) in [4.78, 5) is 0. The van der Waals surface area contributed by atoms with Crippen molar-refractivity contribution >= 4 is 0 Å². The van der Waals surface area contributed by atoms with Crippen molar-refractivity contribution in [2.24, 2.45) is 11.1 Å². The summed E-state index contributed by atoms with van der Waals surface area (Å²) in [7, 11) is 0. The first-order chi connectivity index (χ1) is 7.39. The molecule has 0 radical (unpaired) electrons. The van der Waals surface area contributed by atoms with E-state index in [0.29, 0.717) is 11.3 Å². The van der Waals surface area contributed by atoms with Crippen molar-refractivity contribution in [3.05, 3.63) is 34.9 Å². The molecule has 2 N–H and O–H groups in total. The molecule has 1 heteroatoms. The molecule has 1 aliphatic rings. The number of nitrogens with two attached hydrogens (primary N) is 1. The van der Waals surface area contributed by atoms with Crippen LogP contribution >= 0.6 is 0 Å². The molecule has 1 aromatic carbocycles. The largest absolute Gasteiger partial charge is 0.324 e. The third-order valence-electron chi connectivity index (χ3n) is 3.68. The maximum absolute atomic E-state index is 6.29. The Morgan fingerprint density at radius 1 is 1.31 bits per heavy atom. The highest BCUT2D eigenvalue weighted by Crippen LogP contribution is 2.40. The highest BCUT2D eigenvalue weighted by atomic mass is 14.7. The maximum Gasteiger partial charge on any atom is 0.0302 e. The maximum atomic E-state index is 6.29. The Kier molecular flexibility index (Phi) is 2.83. The Morgan fingerprint density at radius 3 is 2.62 bits per heavy atom. The molecule has 88 valence electrons. The van der Waals surface area contributed by atoms with Crippen LogP contribution in [0.2, 0.25) is 0 Å². The zero-order valence-corrected chi connectivity index (χ0v) is 10.9. The van der Waals surface area contributed by atoms with Crippen LogP contribution in [-0.2, 0) is 6.42 Å². The molecule has 1 nitrogen and oxygen atoms in total. The van der Waals surface area contributed by atoms with Crippen LogP contribution in [0.3, 0.4) is 0 Å². The van der Waals surface area contributed by atoms with Gasteiger partial charge in [0.1, 0.15) is 0 Å². The van der Waals surface area contributed by atoms with Gasteiger partial charge in [-0.05, 0) is 40.9 Å². The van der Waals surface area contributed by atoms with Crippen molar-refractivity contribution in [1.29, 1.82) is 0 Å². The molecule has 0 saturated heterocycles. The van der Waals surface area contributed by atoms with Gasteiger partial charge in [-0.3, -0.25) is 0 Å². The van der Waals surface area contributed by atoms with Crippen LogP contribution in [0.15, 0.2) is 18.2 Å². The summed E-state index contributed by atoms with van der Waals surface area (Å²) in [5.74, 6) is 0.590. The molecular formula is C15H23N. The van der Waals surface area contributed by atoms with Crippen molar-refractivity contribution in [2.45, 2.75) is 52.5 Å². The lowest BCUT2D eigenvalue weighted by molar-refractivity contribution is 0.283. The van der Waals surface area contributed by atoms with Crippen molar-refractivity contribution in [1.82, 2.24) is 0 Å². The monoisotopic (exact) mass is 217 g/mol. The van der Waals surface area contributed by atoms with Crippen LogP contribution in [0.1, 0.15) is 62.8 Å². The predicted octanol–water partition coefficient (Wildman–Crippen LogP) is 3.78. The van der Waals surface area contributed by atoms with Crippen molar-refractivity contribution in [3.8, 4) is 0 Å². The molecule has 1 unspecified atom stereocenters. The fraction of sp³-hybridized carbons (Fsp3) is 0.600. The van der Waals surface area contributed by atoms with Crippen LogP contribution in [0, 0.1) is 5.41 Å². The summed E-state index contributed by atoms with van der Waals surface area (Å²) in [5.41, 5.74) is 10.9. The number of rotatable bonds is 1. The fourth-order valence-corrected chi connectivity index (χ4v) is 2.77. The van der Waals surface area contributed by atoms with Gasteiger partial charge < -0.3 is 5.73 Å². The molecule has 0 spiro atoms. The first-order valence-electron chi connectivity index (χ1n) is 6.27. The Morgan fingerprint density at radius 2 is 2.00 bits per heavy atom. The van der Waals surface area contributed by atoms with Gasteiger partial charge in [-0.2, -0.15) is 0 Å². The minimum atomic E-state index is 0.220. The van der Waals surface area contributed by atoms with Crippen LogP contribution in [0.4, 0.5) is 0 Å². The molecule has 0 aliphatic heterocycles. The summed E-state index contributed by atoms with van der Waals surface area (Å²) < 4.78 is 0. The van der Waals surface area contributed by atoms with Crippen LogP contribution in [0.5, 0.6) is 0 Å². The van der Waals surface area contributed by atoms with E-state index in [0.717, 1.165) is 12.8 Å². The molecule has 1 atom stereocenters. The highest BCUT2D eigenvalue weighted by molar-refractivity contribution is 5.38. The zero-order chi connectivity index (χ0) is 11.9. The van der Waals surface area contributed by atoms with E-state index in [2.05, 4.69) is 45.9 Å². The second-order valence-electron chi connectivity index (χ2n) is 6.26. The second-order valence-corrected chi connectivity index (χ2v) is 6.26. The molecule has 2 rings (SSSR count). The van der Waals surface area contributed by atoms with Gasteiger partial charge in [0.2, 0.25) is 0 Å². The minimum Gasteiger partial charge on any atom is -0.324 e. The zero-order valence-electron chi connectivity index (χ0n) is 10.9. The molecule has 0 heterocycles. The second kappa shape index (κ2) is 3.89. The summed E-state index contributed by atoms with van der Waals surface area (Å²) in [5, 5.41) is 0. The van der Waals surface area contributed by atoms with Crippen LogP contribution in [0.25, 0.3) is 0 Å². The van der Waals surface area contributed by atoms with Gasteiger partial charge in [0.25, 0.3) is 0 Å². The Bertz CT molecular complexity index is 390. The lowest BCUT2D eigenvalue weighted by Crippen LogP contribution is -2.29. The number of fused-ring (bicyclic) bond motifs is 1. The van der Waals surface area contributed by atoms with Gasteiger partial charge in [-0.25, -0.2) is 0 Å². The number of hydrogen-bond acceptors (Lipinski definition) is 1. The summed E-state index contributed by atoms with van der Waals surface area (Å²) in [6.07, 6.45) is 2.26. The van der Waals surface area contributed by atoms with Gasteiger partial charge in [-0.15, -0.1) is 0 Å². The van der Waals surface area contributed by atoms with Crippen LogP contribution in [-0.4, -0.2) is 0 Å². The van der Waals surface area contributed by atoms with E-state index in [4.69, 9.17) is 5.73 Å². The molecule has 16 heavy (non-hydrogen) atoms. The molecule has 1 aliphatic carbocycles. The Labute approximate surface area is 99.0 Å². The Hall–Kier alpha value is -0.820. The summed E-state index contributed by atoms with van der Waals surface area (Å²) >= 11 is 0. The van der Waals surface area contributed by atoms with Gasteiger partial charge in [0, 0.05) is 6.04 Å². The normalized spacial score (nSPS) is 23.2. The standard InChI is InChI=1S/C15H23N/c1-10(2)11-5-6-12-8-15(3,4)9-14(16)13(12)7-11/h5-7,10,14H,8-9,16H2,1-4H3. The third kappa shape index (κ3) is 2.15. The van der Waals surface area contributed by atoms with Crippen molar-refractivity contribution in [2.75, 3.05) is 0 Å². The van der Waals surface area contributed by atoms with E-state index < -0.39 is 0 Å². The molecule has 0 fully saturated rings. The minimum absolute atomic E-state index is 0.220. The van der Waals surface area contributed by atoms with E-state index >= 15 is 0 Å². The smallest absolute Gasteiger partial charge is 0.0302 e. The lowest BCUT2D eigenvalue weighted by Gasteiger charge is -2.35. The highest BCUT2D eigenvalue weighted by Gasteiger charge is 2.30. The van der Waals surface area contributed by atoms with E-state index in [9.17, 15) is 0 Å². The summed E-state index contributed by atoms with van der Waals surface area (Å²) in [6.45, 7) is 9.10. The third-order valence-corrected chi connectivity index (χ3v) is 3.68. The average Bonchev–Trinajstić information content (AvgIpc) is 2.15. The van der Waals surface area contributed by atoms with E-state index in [1.807, 2.05) is 0 Å². The number of hydrogen-bond donors (Lipinski definition) is 1. The topological polar surface area (TPSA) is 26.0 Å². The first-order valence-corrected chi connectivity index (χ1v) is 6.27. The molecular weight excluding hydrogens is 194 g/mol. The van der Waals surface area contributed by atoms with Gasteiger partial charge in [0.15, 0.2) is 0 Å². The number of benzene rings is 1. The van der Waals surface area contributed by atoms with E-state index in [-0.39, 0.29) is 6.04 Å². The van der Waals surface area contributed by atoms with Crippen LogP contribution < -0.4 is 5.73 Å². The molecule has 0 amide bonds. The quantitative estimate of drug-likeness (QED) is 0.761. The SMILES string of the molecule is CC(C)c1ccc2c(c1)C(N)CC(C)(C)C2. The Balaban J connectivity index is 2.41. The molecule has 0 bridgehead atoms. The molecule has 1 aromatic rings. The average molecular weight is 217 g/mol. The fourth-order valence-electron chi connectivity index (χ4n) is 2.77. The van der Waals surface area contributed by atoms with Crippen molar-refractivity contribution < 1.29 is 0 Å². The lowest BCUT2D eigenvalue weighted by atomic mass is 9.71. The predicted molar refractivity (Wildman–Crippen MR) is 69.6 cm³/mol. The first kappa shape index (κ1) is 11.7. The molecule has 0 saturated carbocycles. The molecule has 0 aromatic heterocycles. The summed E-state index contributed by atoms with van der Waals surface area (Å²) in [6, 6.07) is 7.08. The van der Waals surface area contributed by atoms with E-state index in [1.54, 1.807) is 0 Å². The van der Waals surface area contributed by atoms with E-state index in [1.165, 1.54) is 16.7 Å². The van der Waals surface area contributed by atoms with Gasteiger partial charge >= 0.3 is 0 Å². The van der Waals surface area contributed by atoms with Gasteiger partial charge in [-0.1, -0.05) is 45.9 Å².